The quantitative estimate of drug-likeness (QED) is 0.847. The molecular weight excluding hydrogens is 326 g/mol. The summed E-state index contributed by atoms with van der Waals surface area (Å²) in [6.07, 6.45) is 4.93. The highest BCUT2D eigenvalue weighted by atomic mass is 32.2. The van der Waals surface area contributed by atoms with Crippen molar-refractivity contribution in [1.29, 1.82) is 0 Å². The van der Waals surface area contributed by atoms with Gasteiger partial charge in [0.2, 0.25) is 0 Å². The number of carbonyl (C=O) groups excluding carboxylic acids is 1. The van der Waals surface area contributed by atoms with E-state index < -0.39 is 0 Å². The number of hydrogen-bond donors (Lipinski definition) is 0. The number of thioether (sulfide) groups is 2. The van der Waals surface area contributed by atoms with Crippen LogP contribution in [0.5, 0.6) is 0 Å². The van der Waals surface area contributed by atoms with Gasteiger partial charge in [-0.2, -0.15) is 0 Å². The number of aryl methyl sites for hydroxylation is 1. The van der Waals surface area contributed by atoms with Gasteiger partial charge in [-0.1, -0.05) is 12.1 Å². The molecule has 0 unspecified atom stereocenters. The monoisotopic (exact) mass is 347 g/mol. The number of carbonyl (C=O) groups is 1. The highest BCUT2D eigenvalue weighted by molar-refractivity contribution is 8.16. The summed E-state index contributed by atoms with van der Waals surface area (Å²) in [7, 11) is 3.76. The van der Waals surface area contributed by atoms with E-state index in [1.54, 1.807) is 11.1 Å². The topological polar surface area (TPSA) is 38.1 Å². The van der Waals surface area contributed by atoms with Crippen molar-refractivity contribution in [3.8, 4) is 0 Å². The highest BCUT2D eigenvalue weighted by Crippen LogP contribution is 2.43. The van der Waals surface area contributed by atoms with Crippen molar-refractivity contribution in [1.82, 2.24) is 14.5 Å². The Hall–Kier alpha value is -1.40. The number of imidazole rings is 1. The van der Waals surface area contributed by atoms with Crippen LogP contribution in [0.1, 0.15) is 32.7 Å². The van der Waals surface area contributed by atoms with Gasteiger partial charge < -0.3 is 9.47 Å². The molecule has 0 spiro atoms. The van der Waals surface area contributed by atoms with Gasteiger partial charge in [-0.05, 0) is 35.6 Å². The van der Waals surface area contributed by atoms with Gasteiger partial charge >= 0.3 is 0 Å². The van der Waals surface area contributed by atoms with Crippen LogP contribution in [0.25, 0.3) is 0 Å². The smallest absolute Gasteiger partial charge is 0.254 e. The zero-order chi connectivity index (χ0) is 16.2. The fraction of sp³-hybridized carbons (Fsp3) is 0.412. The van der Waals surface area contributed by atoms with Crippen LogP contribution in [0, 0.1) is 0 Å². The van der Waals surface area contributed by atoms with E-state index in [0.717, 1.165) is 11.4 Å². The van der Waals surface area contributed by atoms with E-state index in [0.29, 0.717) is 11.1 Å². The fourth-order valence-electron chi connectivity index (χ4n) is 2.52. The Labute approximate surface area is 145 Å². The normalized spacial score (nSPS) is 15.6. The highest BCUT2D eigenvalue weighted by Gasteiger charge is 2.18. The maximum atomic E-state index is 12.5. The van der Waals surface area contributed by atoms with Crippen LogP contribution >= 0.6 is 23.5 Å². The Morgan fingerprint density at radius 1 is 1.30 bits per heavy atom. The van der Waals surface area contributed by atoms with Gasteiger partial charge in [0.05, 0.1) is 11.1 Å². The molecule has 1 aliphatic heterocycles. The molecule has 0 radical (unpaired) electrons. The van der Waals surface area contributed by atoms with E-state index in [4.69, 9.17) is 0 Å². The first-order chi connectivity index (χ1) is 11.1. The van der Waals surface area contributed by atoms with Crippen molar-refractivity contribution >= 4 is 29.4 Å². The minimum Gasteiger partial charge on any atom is -0.337 e. The summed E-state index contributed by atoms with van der Waals surface area (Å²) >= 11 is 4.00. The summed E-state index contributed by atoms with van der Waals surface area (Å²) in [6, 6.07) is 8.08. The molecule has 1 aliphatic rings. The van der Waals surface area contributed by atoms with Crippen molar-refractivity contribution in [2.24, 2.45) is 7.05 Å². The van der Waals surface area contributed by atoms with Crippen molar-refractivity contribution < 1.29 is 4.79 Å². The summed E-state index contributed by atoms with van der Waals surface area (Å²) in [5.74, 6) is 3.37. The zero-order valence-electron chi connectivity index (χ0n) is 13.4. The molecule has 1 amide bonds. The van der Waals surface area contributed by atoms with E-state index in [2.05, 4.69) is 17.1 Å². The molecule has 1 aromatic carbocycles. The summed E-state index contributed by atoms with van der Waals surface area (Å²) in [4.78, 5) is 18.5. The van der Waals surface area contributed by atoms with Gasteiger partial charge in [-0.3, -0.25) is 4.79 Å². The van der Waals surface area contributed by atoms with Crippen LogP contribution in [0.15, 0.2) is 36.7 Å². The maximum absolute atomic E-state index is 12.5. The number of nitrogens with zero attached hydrogens (tertiary/aromatic N) is 3. The predicted octanol–water partition coefficient (Wildman–Crippen LogP) is 3.56. The lowest BCUT2D eigenvalue weighted by molar-refractivity contribution is 0.0780. The fourth-order valence-corrected chi connectivity index (χ4v) is 5.41. The summed E-state index contributed by atoms with van der Waals surface area (Å²) in [6.45, 7) is 0.512. The average Bonchev–Trinajstić information content (AvgIpc) is 3.00. The van der Waals surface area contributed by atoms with E-state index >= 15 is 0 Å². The number of aromatic nitrogens is 2. The molecule has 0 aliphatic carbocycles. The van der Waals surface area contributed by atoms with Gasteiger partial charge in [-0.25, -0.2) is 4.98 Å². The Kier molecular flexibility index (Phi) is 5.33. The number of hydrogen-bond acceptors (Lipinski definition) is 4. The van der Waals surface area contributed by atoms with E-state index in [9.17, 15) is 4.79 Å². The van der Waals surface area contributed by atoms with Crippen LogP contribution < -0.4 is 0 Å². The van der Waals surface area contributed by atoms with Crippen LogP contribution in [0.4, 0.5) is 0 Å². The van der Waals surface area contributed by atoms with Crippen LogP contribution in [0.3, 0.4) is 0 Å². The lowest BCUT2D eigenvalue weighted by atomic mass is 10.1. The number of benzene rings is 1. The lowest BCUT2D eigenvalue weighted by Gasteiger charge is -2.22. The second-order valence-corrected chi connectivity index (χ2v) is 8.39. The Morgan fingerprint density at radius 3 is 2.61 bits per heavy atom. The van der Waals surface area contributed by atoms with E-state index in [1.165, 1.54) is 23.5 Å². The SMILES string of the molecule is CN(Cc1nccn1C)C(=O)c1ccc(C2SCCCS2)cc1. The molecule has 23 heavy (non-hydrogen) atoms. The van der Waals surface area contributed by atoms with Crippen molar-refractivity contribution in [2.75, 3.05) is 18.6 Å². The largest absolute Gasteiger partial charge is 0.337 e. The number of amides is 1. The first-order valence-electron chi connectivity index (χ1n) is 7.70. The van der Waals surface area contributed by atoms with Crippen LogP contribution in [0.2, 0.25) is 0 Å². The van der Waals surface area contributed by atoms with Crippen LogP contribution in [-0.4, -0.2) is 38.9 Å². The third-order valence-corrected chi connectivity index (χ3v) is 6.92. The molecule has 6 heteroatoms. The molecule has 1 aromatic heterocycles. The van der Waals surface area contributed by atoms with E-state index in [1.807, 2.05) is 60.5 Å². The molecule has 122 valence electrons. The van der Waals surface area contributed by atoms with Crippen molar-refractivity contribution in [3.63, 3.8) is 0 Å². The third-order valence-electron chi connectivity index (χ3n) is 3.90. The standard InChI is InChI=1S/C17H21N3OS2/c1-19-9-8-18-15(19)12-20(2)16(21)13-4-6-14(7-5-13)17-22-10-3-11-23-17/h4-9,17H,3,10-12H2,1-2H3. The lowest BCUT2D eigenvalue weighted by Crippen LogP contribution is -2.27. The Morgan fingerprint density at radius 2 is 2.00 bits per heavy atom. The first kappa shape index (κ1) is 16.5. The molecule has 0 bridgehead atoms. The van der Waals surface area contributed by atoms with E-state index in [-0.39, 0.29) is 5.91 Å². The summed E-state index contributed by atoms with van der Waals surface area (Å²) in [5, 5.41) is 0. The Bertz CT molecular complexity index is 663. The second-order valence-electron chi connectivity index (χ2n) is 5.66. The van der Waals surface area contributed by atoms with Gasteiger partial charge in [0, 0.05) is 32.1 Å². The molecular formula is C17H21N3OS2. The van der Waals surface area contributed by atoms with Gasteiger partial charge in [-0.15, -0.1) is 23.5 Å². The molecule has 2 heterocycles. The van der Waals surface area contributed by atoms with Gasteiger partial charge in [0.15, 0.2) is 0 Å². The summed E-state index contributed by atoms with van der Waals surface area (Å²) < 4.78 is 2.45. The molecule has 2 aromatic rings. The van der Waals surface area contributed by atoms with Gasteiger partial charge in [0.1, 0.15) is 5.82 Å². The maximum Gasteiger partial charge on any atom is 0.254 e. The molecule has 0 N–H and O–H groups in total. The molecule has 1 saturated heterocycles. The first-order valence-corrected chi connectivity index (χ1v) is 9.80. The van der Waals surface area contributed by atoms with Gasteiger partial charge in [0.25, 0.3) is 5.91 Å². The minimum absolute atomic E-state index is 0.0310. The number of rotatable bonds is 4. The molecule has 0 atom stereocenters. The average molecular weight is 348 g/mol. The second kappa shape index (κ2) is 7.45. The predicted molar refractivity (Wildman–Crippen MR) is 97.7 cm³/mol. The molecule has 4 nitrogen and oxygen atoms in total. The molecule has 0 saturated carbocycles. The van der Waals surface area contributed by atoms with Crippen molar-refractivity contribution in [2.45, 2.75) is 17.5 Å². The zero-order valence-corrected chi connectivity index (χ0v) is 15.1. The molecule has 3 rings (SSSR count). The van der Waals surface area contributed by atoms with Crippen molar-refractivity contribution in [3.05, 3.63) is 53.6 Å². The minimum atomic E-state index is 0.0310. The molecule has 1 fully saturated rings. The van der Waals surface area contributed by atoms with Crippen LogP contribution in [-0.2, 0) is 13.6 Å². The third kappa shape index (κ3) is 3.93. The Balaban J connectivity index is 1.66. The summed E-state index contributed by atoms with van der Waals surface area (Å²) in [5.41, 5.74) is 2.04.